The number of nitriles is 1. The maximum absolute atomic E-state index is 14.7. The second kappa shape index (κ2) is 10.3. The highest BCUT2D eigenvalue weighted by molar-refractivity contribution is 7.22. The number of benzene rings is 3. The van der Waals surface area contributed by atoms with E-state index >= 15 is 0 Å². The van der Waals surface area contributed by atoms with E-state index in [-0.39, 0.29) is 46.6 Å². The Labute approximate surface area is 223 Å². The largest absolute Gasteiger partial charge is 0.456 e. The third kappa shape index (κ3) is 5.99. The Hall–Kier alpha value is -4.50. The van der Waals surface area contributed by atoms with Gasteiger partial charge in [-0.1, -0.05) is 29.5 Å². The molecule has 0 spiro atoms. The third-order valence-corrected chi connectivity index (χ3v) is 6.88. The van der Waals surface area contributed by atoms with E-state index in [9.17, 15) is 32.4 Å². The first-order chi connectivity index (χ1) is 18.6. The van der Waals surface area contributed by atoms with E-state index in [1.165, 1.54) is 30.3 Å². The number of ether oxygens (including phenoxy) is 1. The molecule has 0 bridgehead atoms. The summed E-state index contributed by atoms with van der Waals surface area (Å²) in [6.45, 7) is 0. The van der Waals surface area contributed by atoms with Crippen molar-refractivity contribution in [2.75, 3.05) is 10.6 Å². The van der Waals surface area contributed by atoms with Gasteiger partial charge in [-0.15, -0.1) is 0 Å². The molecule has 1 aliphatic rings. The van der Waals surface area contributed by atoms with Crippen molar-refractivity contribution >= 4 is 44.2 Å². The Kier molecular flexibility index (Phi) is 6.93. The molecule has 12 heteroatoms. The molecule has 7 nitrogen and oxygen atoms in total. The minimum atomic E-state index is -4.54. The summed E-state index contributed by atoms with van der Waals surface area (Å²) in [4.78, 5) is 28.7. The van der Waals surface area contributed by atoms with Crippen LogP contribution in [0.1, 0.15) is 29.5 Å². The number of hydrogen-bond acceptors (Lipinski definition) is 6. The molecule has 2 amide bonds. The number of rotatable bonds is 7. The van der Waals surface area contributed by atoms with Crippen LogP contribution in [0.2, 0.25) is 0 Å². The number of carbonyl (C=O) groups excluding carboxylic acids is 2. The first kappa shape index (κ1) is 26.1. The minimum Gasteiger partial charge on any atom is -0.456 e. The monoisotopic (exact) mass is 554 g/mol. The highest BCUT2D eigenvalue weighted by Crippen LogP contribution is 2.38. The molecule has 0 radical (unpaired) electrons. The lowest BCUT2D eigenvalue weighted by Gasteiger charge is -2.11. The fourth-order valence-corrected chi connectivity index (χ4v) is 4.75. The molecule has 1 heterocycles. The number of nitrogens with zero attached hydrogens (tertiary/aromatic N) is 2. The van der Waals surface area contributed by atoms with Crippen LogP contribution in [-0.2, 0) is 22.2 Å². The van der Waals surface area contributed by atoms with Gasteiger partial charge in [0.1, 0.15) is 28.9 Å². The van der Waals surface area contributed by atoms with Crippen LogP contribution in [0.3, 0.4) is 0 Å². The van der Waals surface area contributed by atoms with Crippen molar-refractivity contribution in [3.63, 3.8) is 0 Å². The second-order valence-electron chi connectivity index (χ2n) is 8.85. The molecule has 5 rings (SSSR count). The number of amides is 2. The van der Waals surface area contributed by atoms with Gasteiger partial charge >= 0.3 is 6.18 Å². The Morgan fingerprint density at radius 1 is 1.10 bits per heavy atom. The molecule has 39 heavy (non-hydrogen) atoms. The molecule has 0 saturated heterocycles. The van der Waals surface area contributed by atoms with Crippen LogP contribution >= 0.6 is 11.3 Å². The van der Waals surface area contributed by atoms with Crippen LogP contribution < -0.4 is 15.4 Å². The van der Waals surface area contributed by atoms with Gasteiger partial charge in [0, 0.05) is 12.0 Å². The number of halogens is 4. The first-order valence-corrected chi connectivity index (χ1v) is 12.5. The Morgan fingerprint density at radius 2 is 1.90 bits per heavy atom. The van der Waals surface area contributed by atoms with Crippen molar-refractivity contribution in [2.45, 2.75) is 25.4 Å². The quantitative estimate of drug-likeness (QED) is 0.249. The molecular formula is C27H18F4N4O3S. The van der Waals surface area contributed by atoms with E-state index in [1.54, 1.807) is 6.07 Å². The average molecular weight is 555 g/mol. The number of anilines is 2. The van der Waals surface area contributed by atoms with Gasteiger partial charge in [-0.3, -0.25) is 9.59 Å². The van der Waals surface area contributed by atoms with E-state index < -0.39 is 23.5 Å². The van der Waals surface area contributed by atoms with Gasteiger partial charge in [0.05, 0.1) is 27.9 Å². The number of alkyl halides is 3. The lowest BCUT2D eigenvalue weighted by Crippen LogP contribution is -2.16. The van der Waals surface area contributed by atoms with Crippen molar-refractivity contribution in [1.82, 2.24) is 4.98 Å². The minimum absolute atomic E-state index is 0.00502. The molecule has 1 aliphatic carbocycles. The maximum Gasteiger partial charge on any atom is 0.416 e. The van der Waals surface area contributed by atoms with E-state index in [1.807, 2.05) is 0 Å². The van der Waals surface area contributed by atoms with Crippen LogP contribution in [0.15, 0.2) is 54.6 Å². The molecule has 0 unspecified atom stereocenters. The van der Waals surface area contributed by atoms with E-state index in [0.29, 0.717) is 15.3 Å². The summed E-state index contributed by atoms with van der Waals surface area (Å²) in [6.07, 6.45) is -3.25. The fourth-order valence-electron chi connectivity index (χ4n) is 3.80. The van der Waals surface area contributed by atoms with Gasteiger partial charge in [0.15, 0.2) is 5.13 Å². The zero-order valence-corrected chi connectivity index (χ0v) is 20.8. The lowest BCUT2D eigenvalue weighted by molar-refractivity contribution is -0.137. The molecule has 0 atom stereocenters. The normalized spacial score (nSPS) is 13.1. The maximum atomic E-state index is 14.7. The fraction of sp³-hybridized carbons (Fsp3) is 0.185. The molecule has 3 aromatic carbocycles. The molecule has 1 fully saturated rings. The molecule has 0 aliphatic heterocycles. The van der Waals surface area contributed by atoms with Crippen LogP contribution in [0.4, 0.5) is 28.4 Å². The van der Waals surface area contributed by atoms with Gasteiger partial charge in [-0.2, -0.15) is 18.4 Å². The number of fused-ring (bicyclic) bond motifs is 1. The van der Waals surface area contributed by atoms with Gasteiger partial charge in [0.25, 0.3) is 0 Å². The summed E-state index contributed by atoms with van der Waals surface area (Å²) in [5, 5.41) is 15.2. The number of nitrogens with one attached hydrogen (secondary N) is 2. The summed E-state index contributed by atoms with van der Waals surface area (Å²) in [5.41, 5.74) is -0.280. The van der Waals surface area contributed by atoms with Gasteiger partial charge in [-0.25, -0.2) is 9.37 Å². The summed E-state index contributed by atoms with van der Waals surface area (Å²) in [6, 6.07) is 13.2. The SMILES string of the molecule is N#Cc1c(Oc2ccc(NC(=O)Cc3cccc(C(F)(F)F)c3)c(F)c2)ccc2nc(NC(=O)C3CC3)sc12. The van der Waals surface area contributed by atoms with Crippen molar-refractivity contribution in [3.05, 3.63) is 77.1 Å². The highest BCUT2D eigenvalue weighted by atomic mass is 32.1. The topological polar surface area (TPSA) is 104 Å². The van der Waals surface area contributed by atoms with Crippen LogP contribution in [0.25, 0.3) is 10.2 Å². The summed E-state index contributed by atoms with van der Waals surface area (Å²) < 4.78 is 59.7. The van der Waals surface area contributed by atoms with Crippen molar-refractivity contribution in [2.24, 2.45) is 5.92 Å². The summed E-state index contributed by atoms with van der Waals surface area (Å²) >= 11 is 1.13. The summed E-state index contributed by atoms with van der Waals surface area (Å²) in [5.74, 6) is -1.46. The predicted octanol–water partition coefficient (Wildman–Crippen LogP) is 6.65. The van der Waals surface area contributed by atoms with Crippen molar-refractivity contribution in [3.8, 4) is 17.6 Å². The number of thiazole rings is 1. The Morgan fingerprint density at radius 3 is 2.59 bits per heavy atom. The zero-order chi connectivity index (χ0) is 27.7. The number of aromatic nitrogens is 1. The number of hydrogen-bond donors (Lipinski definition) is 2. The smallest absolute Gasteiger partial charge is 0.416 e. The van der Waals surface area contributed by atoms with E-state index in [0.717, 1.165) is 42.4 Å². The predicted molar refractivity (Wildman–Crippen MR) is 136 cm³/mol. The molecule has 4 aromatic rings. The second-order valence-corrected chi connectivity index (χ2v) is 9.85. The first-order valence-electron chi connectivity index (χ1n) is 11.7. The molecular weight excluding hydrogens is 536 g/mol. The standard InChI is InChI=1S/C27H18F4N4O3S/c28-19-12-17(6-7-20(19)33-23(36)11-14-2-1-3-16(10-14)27(29,30)31)38-22-9-8-21-24(18(22)13-32)39-26(34-21)35-25(37)15-4-5-15/h1-3,6-10,12,15H,4-5,11H2,(H,33,36)(H,34,35,37). The lowest BCUT2D eigenvalue weighted by atomic mass is 10.1. The van der Waals surface area contributed by atoms with E-state index in [2.05, 4.69) is 21.7 Å². The van der Waals surface area contributed by atoms with Crippen LogP contribution in [0.5, 0.6) is 11.5 Å². The molecule has 198 valence electrons. The summed E-state index contributed by atoms with van der Waals surface area (Å²) in [7, 11) is 0. The van der Waals surface area contributed by atoms with Crippen LogP contribution in [-0.4, -0.2) is 16.8 Å². The van der Waals surface area contributed by atoms with Crippen LogP contribution in [0, 0.1) is 23.1 Å². The zero-order valence-electron chi connectivity index (χ0n) is 19.9. The van der Waals surface area contributed by atoms with Gasteiger partial charge in [0.2, 0.25) is 11.8 Å². The number of carbonyl (C=O) groups is 2. The van der Waals surface area contributed by atoms with Crippen molar-refractivity contribution < 1.29 is 31.9 Å². The Bertz CT molecular complexity index is 1640. The third-order valence-electron chi connectivity index (χ3n) is 5.87. The molecule has 1 aromatic heterocycles. The van der Waals surface area contributed by atoms with Crippen molar-refractivity contribution in [1.29, 1.82) is 5.26 Å². The highest BCUT2D eigenvalue weighted by Gasteiger charge is 2.31. The van der Waals surface area contributed by atoms with Gasteiger partial charge < -0.3 is 15.4 Å². The van der Waals surface area contributed by atoms with E-state index in [4.69, 9.17) is 4.74 Å². The van der Waals surface area contributed by atoms with Gasteiger partial charge in [-0.05, 0) is 48.7 Å². The average Bonchev–Trinajstić information content (AvgIpc) is 3.66. The molecule has 2 N–H and O–H groups in total. The Balaban J connectivity index is 1.28. The molecule has 1 saturated carbocycles.